The smallest absolute Gasteiger partial charge is 0.316 e. The number of hydrogen-bond donors (Lipinski definition) is 0. The van der Waals surface area contributed by atoms with E-state index < -0.39 is 17.7 Å². The van der Waals surface area contributed by atoms with Gasteiger partial charge in [0.15, 0.2) is 0 Å². The van der Waals surface area contributed by atoms with E-state index in [1.54, 1.807) is 0 Å². The first kappa shape index (κ1) is 19.6. The topological polar surface area (TPSA) is 69.7 Å². The van der Waals surface area contributed by atoms with Gasteiger partial charge in [0.25, 0.3) is 0 Å². The molecule has 21 heavy (non-hydrogen) atoms. The van der Waals surface area contributed by atoms with E-state index in [4.69, 9.17) is 9.47 Å². The number of ketones is 1. The van der Waals surface area contributed by atoms with Crippen molar-refractivity contribution in [1.82, 2.24) is 0 Å². The van der Waals surface area contributed by atoms with Crippen LogP contribution in [0.25, 0.3) is 0 Å². The van der Waals surface area contributed by atoms with E-state index in [2.05, 4.69) is 0 Å². The zero-order valence-corrected chi connectivity index (χ0v) is 13.7. The van der Waals surface area contributed by atoms with Crippen LogP contribution < -0.4 is 0 Å². The summed E-state index contributed by atoms with van der Waals surface area (Å²) < 4.78 is 10.3. The van der Waals surface area contributed by atoms with Crippen molar-refractivity contribution in [3.63, 3.8) is 0 Å². The lowest BCUT2D eigenvalue weighted by Crippen LogP contribution is -2.46. The molecular formula is C16H28O5. The molecule has 0 aromatic rings. The van der Waals surface area contributed by atoms with Crippen molar-refractivity contribution >= 4 is 17.7 Å². The SMILES string of the molecule is CCCCCC(=O)C(CCCCC)(OC(C)=O)OC(C)=O. The molecule has 5 nitrogen and oxygen atoms in total. The third-order valence-corrected chi connectivity index (χ3v) is 3.16. The average molecular weight is 300 g/mol. The van der Waals surface area contributed by atoms with Crippen molar-refractivity contribution in [2.75, 3.05) is 0 Å². The summed E-state index contributed by atoms with van der Waals surface area (Å²) in [6, 6.07) is 0. The van der Waals surface area contributed by atoms with Gasteiger partial charge in [0.1, 0.15) is 0 Å². The van der Waals surface area contributed by atoms with Gasteiger partial charge in [-0.2, -0.15) is 0 Å². The molecule has 122 valence electrons. The molecule has 0 fully saturated rings. The highest BCUT2D eigenvalue weighted by atomic mass is 16.7. The minimum absolute atomic E-state index is 0.227. The van der Waals surface area contributed by atoms with Crippen molar-refractivity contribution in [3.8, 4) is 0 Å². The van der Waals surface area contributed by atoms with Crippen LogP contribution in [-0.4, -0.2) is 23.5 Å². The van der Waals surface area contributed by atoms with Crippen LogP contribution in [0.2, 0.25) is 0 Å². The quantitative estimate of drug-likeness (QED) is 0.331. The van der Waals surface area contributed by atoms with Gasteiger partial charge in [-0.15, -0.1) is 0 Å². The number of Topliss-reactive ketones (excluding diaryl/α,β-unsaturated/α-hetero) is 1. The second kappa shape index (κ2) is 10.4. The van der Waals surface area contributed by atoms with Gasteiger partial charge in [-0.1, -0.05) is 39.5 Å². The molecule has 5 heteroatoms. The summed E-state index contributed by atoms with van der Waals surface area (Å²) in [4.78, 5) is 35.1. The first-order chi connectivity index (χ1) is 9.88. The number of carbonyl (C=O) groups excluding carboxylic acids is 3. The molecule has 0 aliphatic carbocycles. The second-order valence-corrected chi connectivity index (χ2v) is 5.28. The number of hydrogen-bond acceptors (Lipinski definition) is 5. The zero-order chi connectivity index (χ0) is 16.3. The van der Waals surface area contributed by atoms with Gasteiger partial charge in [0, 0.05) is 26.7 Å². The zero-order valence-electron chi connectivity index (χ0n) is 13.7. The van der Waals surface area contributed by atoms with Gasteiger partial charge in [-0.25, -0.2) is 0 Å². The van der Waals surface area contributed by atoms with E-state index in [9.17, 15) is 14.4 Å². The number of rotatable bonds is 11. The number of esters is 2. The van der Waals surface area contributed by atoms with Gasteiger partial charge < -0.3 is 9.47 Å². The largest absolute Gasteiger partial charge is 0.415 e. The Morgan fingerprint density at radius 2 is 1.29 bits per heavy atom. The Hall–Kier alpha value is -1.39. The fraction of sp³-hybridized carbons (Fsp3) is 0.812. The van der Waals surface area contributed by atoms with Crippen LogP contribution in [-0.2, 0) is 23.9 Å². The normalized spacial score (nSPS) is 11.0. The molecule has 0 spiro atoms. The standard InChI is InChI=1S/C16H28O5/c1-5-7-9-11-15(19)16(20-13(3)17,21-14(4)18)12-10-8-6-2/h5-12H2,1-4H3. The van der Waals surface area contributed by atoms with E-state index in [0.29, 0.717) is 12.8 Å². The predicted molar refractivity (Wildman–Crippen MR) is 79.6 cm³/mol. The van der Waals surface area contributed by atoms with Gasteiger partial charge >= 0.3 is 17.7 Å². The molecule has 0 amide bonds. The molecule has 0 N–H and O–H groups in total. The number of unbranched alkanes of at least 4 members (excludes halogenated alkanes) is 4. The van der Waals surface area contributed by atoms with Crippen LogP contribution in [0, 0.1) is 0 Å². The summed E-state index contributed by atoms with van der Waals surface area (Å²) in [5.41, 5.74) is 0. The lowest BCUT2D eigenvalue weighted by molar-refractivity contribution is -0.226. The third kappa shape index (κ3) is 7.83. The molecule has 0 aromatic carbocycles. The lowest BCUT2D eigenvalue weighted by Gasteiger charge is -2.30. The highest BCUT2D eigenvalue weighted by Gasteiger charge is 2.44. The average Bonchev–Trinajstić information content (AvgIpc) is 2.37. The van der Waals surface area contributed by atoms with Crippen molar-refractivity contribution < 1.29 is 23.9 Å². The molecule has 0 aliphatic heterocycles. The Balaban J connectivity index is 5.06. The fourth-order valence-corrected chi connectivity index (χ4v) is 2.17. The van der Waals surface area contributed by atoms with Gasteiger partial charge in [-0.3, -0.25) is 14.4 Å². The molecule has 0 saturated carbocycles. The highest BCUT2D eigenvalue weighted by molar-refractivity contribution is 5.89. The monoisotopic (exact) mass is 300 g/mol. The van der Waals surface area contributed by atoms with Crippen LogP contribution in [0.3, 0.4) is 0 Å². The second-order valence-electron chi connectivity index (χ2n) is 5.28. The van der Waals surface area contributed by atoms with Gasteiger partial charge in [0.05, 0.1) is 0 Å². The van der Waals surface area contributed by atoms with Crippen molar-refractivity contribution in [3.05, 3.63) is 0 Å². The van der Waals surface area contributed by atoms with E-state index in [-0.39, 0.29) is 18.6 Å². The molecule has 0 aromatic heterocycles. The van der Waals surface area contributed by atoms with Crippen molar-refractivity contribution in [1.29, 1.82) is 0 Å². The maximum Gasteiger partial charge on any atom is 0.316 e. The Morgan fingerprint density at radius 3 is 1.71 bits per heavy atom. The Morgan fingerprint density at radius 1 is 0.810 bits per heavy atom. The first-order valence-electron chi connectivity index (χ1n) is 7.80. The molecule has 0 bridgehead atoms. The maximum absolute atomic E-state index is 12.5. The summed E-state index contributed by atoms with van der Waals surface area (Å²) in [6.07, 6.45) is 5.58. The third-order valence-electron chi connectivity index (χ3n) is 3.16. The van der Waals surface area contributed by atoms with E-state index >= 15 is 0 Å². The summed E-state index contributed by atoms with van der Waals surface area (Å²) >= 11 is 0. The minimum Gasteiger partial charge on any atom is -0.415 e. The maximum atomic E-state index is 12.5. The molecule has 0 radical (unpaired) electrons. The van der Waals surface area contributed by atoms with E-state index in [1.165, 1.54) is 13.8 Å². The van der Waals surface area contributed by atoms with Crippen LogP contribution in [0.5, 0.6) is 0 Å². The van der Waals surface area contributed by atoms with Gasteiger partial charge in [0.2, 0.25) is 5.78 Å². The molecule has 0 saturated heterocycles. The van der Waals surface area contributed by atoms with E-state index in [0.717, 1.165) is 25.7 Å². The molecular weight excluding hydrogens is 272 g/mol. The Labute approximate surface area is 127 Å². The highest BCUT2D eigenvalue weighted by Crippen LogP contribution is 2.26. The predicted octanol–water partition coefficient (Wildman–Crippen LogP) is 3.54. The van der Waals surface area contributed by atoms with Gasteiger partial charge in [-0.05, 0) is 12.8 Å². The minimum atomic E-state index is -1.74. The molecule has 0 heterocycles. The summed E-state index contributed by atoms with van der Waals surface area (Å²) in [5, 5.41) is 0. The van der Waals surface area contributed by atoms with Crippen LogP contribution in [0.1, 0.15) is 79.1 Å². The van der Waals surface area contributed by atoms with E-state index in [1.807, 2.05) is 13.8 Å². The number of ether oxygens (including phenoxy) is 2. The molecule has 0 aliphatic rings. The van der Waals surface area contributed by atoms with Crippen LogP contribution >= 0.6 is 0 Å². The Kier molecular flexibility index (Phi) is 9.67. The van der Waals surface area contributed by atoms with Crippen molar-refractivity contribution in [2.45, 2.75) is 84.8 Å². The molecule has 0 unspecified atom stereocenters. The summed E-state index contributed by atoms with van der Waals surface area (Å²) in [6.45, 7) is 6.51. The lowest BCUT2D eigenvalue weighted by atomic mass is 9.98. The first-order valence-corrected chi connectivity index (χ1v) is 7.80. The Bertz CT molecular complexity index is 333. The molecule has 0 atom stereocenters. The molecule has 0 rings (SSSR count). The van der Waals surface area contributed by atoms with Crippen LogP contribution in [0.4, 0.5) is 0 Å². The van der Waals surface area contributed by atoms with Crippen LogP contribution in [0.15, 0.2) is 0 Å². The summed E-state index contributed by atoms with van der Waals surface area (Å²) in [5.74, 6) is -3.29. The van der Waals surface area contributed by atoms with Crippen molar-refractivity contribution in [2.24, 2.45) is 0 Å². The fourth-order valence-electron chi connectivity index (χ4n) is 2.17. The summed E-state index contributed by atoms with van der Waals surface area (Å²) in [7, 11) is 0. The number of carbonyl (C=O) groups is 3.